The van der Waals surface area contributed by atoms with E-state index in [1.807, 2.05) is 66.4 Å². The van der Waals surface area contributed by atoms with Crippen LogP contribution < -0.4 is 4.90 Å². The molecule has 0 spiro atoms. The Morgan fingerprint density at radius 2 is 1.86 bits per heavy atom. The minimum absolute atomic E-state index is 0.0654. The van der Waals surface area contributed by atoms with E-state index in [1.165, 1.54) is 0 Å². The van der Waals surface area contributed by atoms with Crippen LogP contribution in [0.5, 0.6) is 0 Å². The summed E-state index contributed by atoms with van der Waals surface area (Å²) in [6.45, 7) is 3.30. The lowest BCUT2D eigenvalue weighted by atomic mass is 10.1. The van der Waals surface area contributed by atoms with Gasteiger partial charge in [-0.1, -0.05) is 48.5 Å². The van der Waals surface area contributed by atoms with E-state index in [0.29, 0.717) is 13.2 Å². The van der Waals surface area contributed by atoms with Gasteiger partial charge in [-0.2, -0.15) is 0 Å². The molecule has 3 heteroatoms. The molecule has 3 rings (SSSR count). The molecule has 1 fully saturated rings. The van der Waals surface area contributed by atoms with Gasteiger partial charge in [-0.3, -0.25) is 4.79 Å². The number of hydrogen-bond donors (Lipinski definition) is 0. The van der Waals surface area contributed by atoms with Gasteiger partial charge in [0.15, 0.2) is 0 Å². The largest absolute Gasteiger partial charge is 0.368 e. The van der Waals surface area contributed by atoms with Crippen molar-refractivity contribution >= 4 is 11.6 Å². The summed E-state index contributed by atoms with van der Waals surface area (Å²) < 4.78 is 5.60. The Morgan fingerprint density at radius 1 is 1.14 bits per heavy atom. The third-order valence-electron chi connectivity index (χ3n) is 4.06. The average molecular weight is 295 g/mol. The van der Waals surface area contributed by atoms with E-state index in [0.717, 1.165) is 29.7 Å². The third-order valence-corrected chi connectivity index (χ3v) is 4.06. The molecule has 0 bridgehead atoms. The van der Waals surface area contributed by atoms with Gasteiger partial charge in [0.1, 0.15) is 6.10 Å². The summed E-state index contributed by atoms with van der Waals surface area (Å²) in [4.78, 5) is 14.8. The Bertz CT molecular complexity index is 633. The minimum atomic E-state index is -0.302. The average Bonchev–Trinajstić information content (AvgIpc) is 3.08. The van der Waals surface area contributed by atoms with E-state index in [4.69, 9.17) is 4.74 Å². The zero-order chi connectivity index (χ0) is 15.4. The molecule has 114 valence electrons. The Balaban J connectivity index is 1.91. The topological polar surface area (TPSA) is 29.5 Å². The highest BCUT2D eigenvalue weighted by atomic mass is 16.5. The molecular weight excluding hydrogens is 274 g/mol. The normalized spacial score (nSPS) is 17.4. The summed E-state index contributed by atoms with van der Waals surface area (Å²) in [6.07, 6.45) is 1.47. The van der Waals surface area contributed by atoms with Crippen LogP contribution in [0.4, 0.5) is 5.69 Å². The summed E-state index contributed by atoms with van der Waals surface area (Å²) in [7, 11) is 0. The Morgan fingerprint density at radius 3 is 2.55 bits per heavy atom. The van der Waals surface area contributed by atoms with Crippen LogP contribution in [0.25, 0.3) is 0 Å². The second-order valence-electron chi connectivity index (χ2n) is 5.70. The van der Waals surface area contributed by atoms with Crippen molar-refractivity contribution in [1.29, 1.82) is 0 Å². The number of anilines is 1. The van der Waals surface area contributed by atoms with Gasteiger partial charge in [-0.25, -0.2) is 0 Å². The molecule has 1 amide bonds. The first-order valence-electron chi connectivity index (χ1n) is 7.78. The molecule has 1 aliphatic heterocycles. The molecule has 0 saturated carbocycles. The van der Waals surface area contributed by atoms with Gasteiger partial charge in [0.05, 0.1) is 6.54 Å². The van der Waals surface area contributed by atoms with Crippen molar-refractivity contribution in [2.45, 2.75) is 32.4 Å². The fraction of sp³-hybridized carbons (Fsp3) is 0.316. The van der Waals surface area contributed by atoms with Gasteiger partial charge < -0.3 is 9.64 Å². The fourth-order valence-electron chi connectivity index (χ4n) is 2.86. The maximum Gasteiger partial charge on any atom is 0.256 e. The number of nitrogens with zero attached hydrogens (tertiary/aromatic N) is 1. The van der Waals surface area contributed by atoms with Crippen LogP contribution >= 0.6 is 0 Å². The molecule has 1 aliphatic rings. The van der Waals surface area contributed by atoms with Crippen LogP contribution in [0.15, 0.2) is 54.6 Å². The Kier molecular flexibility index (Phi) is 4.54. The number of carbonyl (C=O) groups is 1. The molecule has 3 nitrogen and oxygen atoms in total. The van der Waals surface area contributed by atoms with Gasteiger partial charge in [0, 0.05) is 12.3 Å². The SMILES string of the molecule is Cc1ccccc1N(Cc1ccccc1)C(=O)[C@@H]1CCCO1. The standard InChI is InChI=1S/C19H21NO2/c1-15-8-5-6-11-17(15)20(14-16-9-3-2-4-10-16)19(21)18-12-7-13-22-18/h2-6,8-11,18H,7,12-14H2,1H3/t18-/m0/s1. The van der Waals surface area contributed by atoms with Crippen LogP contribution in [0.1, 0.15) is 24.0 Å². The van der Waals surface area contributed by atoms with Gasteiger partial charge in [0.2, 0.25) is 0 Å². The summed E-state index contributed by atoms with van der Waals surface area (Å²) in [5.74, 6) is 0.0654. The first kappa shape index (κ1) is 14.8. The maximum absolute atomic E-state index is 12.9. The van der Waals surface area contributed by atoms with E-state index in [2.05, 4.69) is 0 Å². The number of benzene rings is 2. The highest BCUT2D eigenvalue weighted by Gasteiger charge is 2.29. The summed E-state index contributed by atoms with van der Waals surface area (Å²) in [5.41, 5.74) is 3.19. The van der Waals surface area contributed by atoms with Crippen LogP contribution in [0.3, 0.4) is 0 Å². The van der Waals surface area contributed by atoms with Crippen molar-refractivity contribution in [1.82, 2.24) is 0 Å². The zero-order valence-corrected chi connectivity index (χ0v) is 12.9. The molecule has 0 aliphatic carbocycles. The lowest BCUT2D eigenvalue weighted by molar-refractivity contribution is -0.127. The van der Waals surface area contributed by atoms with Crippen molar-refractivity contribution in [3.05, 3.63) is 65.7 Å². The lowest BCUT2D eigenvalue weighted by Gasteiger charge is -2.27. The molecule has 1 atom stereocenters. The minimum Gasteiger partial charge on any atom is -0.368 e. The first-order chi connectivity index (χ1) is 10.8. The number of hydrogen-bond acceptors (Lipinski definition) is 2. The van der Waals surface area contributed by atoms with Gasteiger partial charge in [-0.15, -0.1) is 0 Å². The van der Waals surface area contributed by atoms with Crippen molar-refractivity contribution in [3.8, 4) is 0 Å². The fourth-order valence-corrected chi connectivity index (χ4v) is 2.86. The predicted octanol–water partition coefficient (Wildman–Crippen LogP) is 3.71. The molecule has 2 aromatic carbocycles. The van der Waals surface area contributed by atoms with Crippen LogP contribution in [-0.4, -0.2) is 18.6 Å². The number of para-hydroxylation sites is 1. The molecular formula is C19H21NO2. The smallest absolute Gasteiger partial charge is 0.256 e. The quantitative estimate of drug-likeness (QED) is 0.860. The Hall–Kier alpha value is -2.13. The Labute approximate surface area is 131 Å². The lowest BCUT2D eigenvalue weighted by Crippen LogP contribution is -2.39. The number of aryl methyl sites for hydroxylation is 1. The number of amides is 1. The molecule has 2 aromatic rings. The zero-order valence-electron chi connectivity index (χ0n) is 12.9. The predicted molar refractivity (Wildman–Crippen MR) is 87.8 cm³/mol. The van der Waals surface area contributed by atoms with Crippen molar-refractivity contribution in [2.75, 3.05) is 11.5 Å². The second kappa shape index (κ2) is 6.75. The molecule has 1 saturated heterocycles. The highest BCUT2D eigenvalue weighted by Crippen LogP contribution is 2.25. The van der Waals surface area contributed by atoms with E-state index >= 15 is 0 Å². The van der Waals surface area contributed by atoms with E-state index in [9.17, 15) is 4.79 Å². The van der Waals surface area contributed by atoms with Crippen molar-refractivity contribution in [2.24, 2.45) is 0 Å². The molecule has 0 N–H and O–H groups in total. The maximum atomic E-state index is 12.9. The summed E-state index contributed by atoms with van der Waals surface area (Å²) >= 11 is 0. The molecule has 0 radical (unpaired) electrons. The van der Waals surface area contributed by atoms with Crippen LogP contribution in [0.2, 0.25) is 0 Å². The molecule has 1 heterocycles. The molecule has 22 heavy (non-hydrogen) atoms. The highest BCUT2D eigenvalue weighted by molar-refractivity contribution is 5.97. The number of carbonyl (C=O) groups excluding carboxylic acids is 1. The van der Waals surface area contributed by atoms with Gasteiger partial charge in [-0.05, 0) is 37.0 Å². The number of rotatable bonds is 4. The summed E-state index contributed by atoms with van der Waals surface area (Å²) in [5, 5.41) is 0. The number of ether oxygens (including phenoxy) is 1. The van der Waals surface area contributed by atoms with Gasteiger partial charge >= 0.3 is 0 Å². The van der Waals surface area contributed by atoms with Crippen LogP contribution in [-0.2, 0) is 16.1 Å². The van der Waals surface area contributed by atoms with Crippen molar-refractivity contribution in [3.63, 3.8) is 0 Å². The molecule has 0 aromatic heterocycles. The second-order valence-corrected chi connectivity index (χ2v) is 5.70. The van der Waals surface area contributed by atoms with Gasteiger partial charge in [0.25, 0.3) is 5.91 Å². The van der Waals surface area contributed by atoms with E-state index in [1.54, 1.807) is 0 Å². The van der Waals surface area contributed by atoms with E-state index < -0.39 is 0 Å². The van der Waals surface area contributed by atoms with E-state index in [-0.39, 0.29) is 12.0 Å². The third kappa shape index (κ3) is 3.20. The van der Waals surface area contributed by atoms with Crippen LogP contribution in [0, 0.1) is 6.92 Å². The first-order valence-corrected chi connectivity index (χ1v) is 7.78. The summed E-state index contributed by atoms with van der Waals surface area (Å²) in [6, 6.07) is 18.1. The molecule has 0 unspecified atom stereocenters. The monoisotopic (exact) mass is 295 g/mol. The van der Waals surface area contributed by atoms with Crippen molar-refractivity contribution < 1.29 is 9.53 Å².